The molecule has 1 fully saturated rings. The Morgan fingerprint density at radius 1 is 1.21 bits per heavy atom. The predicted molar refractivity (Wildman–Crippen MR) is 112 cm³/mol. The van der Waals surface area contributed by atoms with Gasteiger partial charge in [0.2, 0.25) is 11.8 Å². The lowest BCUT2D eigenvalue weighted by molar-refractivity contribution is -0.126. The number of nitrogens with zero attached hydrogens (tertiary/aromatic N) is 2. The first-order valence-corrected chi connectivity index (χ1v) is 9.50. The van der Waals surface area contributed by atoms with E-state index in [9.17, 15) is 9.59 Å². The number of anilines is 1. The maximum absolute atomic E-state index is 12.5. The lowest BCUT2D eigenvalue weighted by Crippen LogP contribution is -2.30. The van der Waals surface area contributed by atoms with Crippen molar-refractivity contribution in [1.29, 1.82) is 0 Å². The van der Waals surface area contributed by atoms with Crippen molar-refractivity contribution < 1.29 is 19.1 Å². The Kier molecular flexibility index (Phi) is 6.49. The molecule has 7 nitrogen and oxygen atoms in total. The van der Waals surface area contributed by atoms with Crippen LogP contribution in [0.25, 0.3) is 0 Å². The summed E-state index contributed by atoms with van der Waals surface area (Å²) < 4.78 is 10.5. The molecule has 0 unspecified atom stereocenters. The fourth-order valence-corrected chi connectivity index (χ4v) is 3.23. The quantitative estimate of drug-likeness (QED) is 0.577. The molecule has 0 bridgehead atoms. The molecule has 0 aromatic heterocycles. The Bertz CT molecular complexity index is 909. The fraction of sp³-hybridized carbons (Fsp3) is 0.318. The molecule has 2 amide bonds. The van der Waals surface area contributed by atoms with Gasteiger partial charge in [-0.05, 0) is 36.2 Å². The fourth-order valence-electron chi connectivity index (χ4n) is 3.23. The number of benzene rings is 2. The van der Waals surface area contributed by atoms with Gasteiger partial charge in [0, 0.05) is 30.3 Å². The van der Waals surface area contributed by atoms with Crippen molar-refractivity contribution in [1.82, 2.24) is 5.43 Å². The number of ether oxygens (including phenoxy) is 2. The smallest absolute Gasteiger partial charge is 0.245 e. The second kappa shape index (κ2) is 9.23. The van der Waals surface area contributed by atoms with Gasteiger partial charge in [-0.2, -0.15) is 5.10 Å². The highest BCUT2D eigenvalue weighted by Crippen LogP contribution is 2.26. The number of hydrogen-bond acceptors (Lipinski definition) is 5. The number of rotatable bonds is 7. The first-order chi connectivity index (χ1) is 14.0. The molecule has 29 heavy (non-hydrogen) atoms. The van der Waals surface area contributed by atoms with E-state index in [0.717, 1.165) is 12.1 Å². The van der Waals surface area contributed by atoms with Crippen LogP contribution in [-0.2, 0) is 16.0 Å². The minimum Gasteiger partial charge on any atom is -0.497 e. The molecule has 152 valence electrons. The van der Waals surface area contributed by atoms with Gasteiger partial charge in [-0.25, -0.2) is 5.43 Å². The van der Waals surface area contributed by atoms with Gasteiger partial charge in [-0.3, -0.25) is 9.59 Å². The Morgan fingerprint density at radius 2 is 1.97 bits per heavy atom. The van der Waals surface area contributed by atoms with E-state index in [4.69, 9.17) is 9.47 Å². The zero-order chi connectivity index (χ0) is 20.8. The van der Waals surface area contributed by atoms with Crippen LogP contribution in [0.15, 0.2) is 47.6 Å². The summed E-state index contributed by atoms with van der Waals surface area (Å²) in [6.07, 6.45) is 2.62. The monoisotopic (exact) mass is 395 g/mol. The average molecular weight is 395 g/mol. The third-order valence-corrected chi connectivity index (χ3v) is 4.97. The Balaban J connectivity index is 1.61. The Hall–Kier alpha value is -3.35. The molecule has 0 saturated carbocycles. The first kappa shape index (κ1) is 20.4. The third kappa shape index (κ3) is 4.74. The average Bonchev–Trinajstić information content (AvgIpc) is 3.15. The summed E-state index contributed by atoms with van der Waals surface area (Å²) in [4.78, 5) is 26.5. The number of carbonyl (C=O) groups excluding carboxylic acids is 2. The van der Waals surface area contributed by atoms with Crippen molar-refractivity contribution >= 4 is 23.7 Å². The van der Waals surface area contributed by atoms with Crippen molar-refractivity contribution in [3.8, 4) is 11.5 Å². The number of amides is 2. The minimum absolute atomic E-state index is 0.0600. The summed E-state index contributed by atoms with van der Waals surface area (Å²) in [6.45, 7) is 2.43. The summed E-state index contributed by atoms with van der Waals surface area (Å²) in [5.41, 5.74) is 5.25. The molecule has 1 aliphatic heterocycles. The molecule has 3 rings (SSSR count). The standard InChI is InChI=1S/C22H25N3O4/c1-4-15-5-8-18(9-6-15)25-14-17(11-21(25)26)22(27)24-23-13-16-7-10-19(28-2)12-20(16)29-3/h5-10,12-13,17H,4,11,14H2,1-3H3,(H,24,27)/b23-13+/t17-/m0/s1. The molecular formula is C22H25N3O4. The molecule has 0 radical (unpaired) electrons. The molecule has 1 aliphatic rings. The molecule has 2 aromatic rings. The van der Waals surface area contributed by atoms with E-state index < -0.39 is 5.92 Å². The maximum Gasteiger partial charge on any atom is 0.245 e. The third-order valence-electron chi connectivity index (χ3n) is 4.97. The number of nitrogens with one attached hydrogen (secondary N) is 1. The lowest BCUT2D eigenvalue weighted by Gasteiger charge is -2.16. The van der Waals surface area contributed by atoms with E-state index in [-0.39, 0.29) is 18.2 Å². The summed E-state index contributed by atoms with van der Waals surface area (Å²) in [5.74, 6) is 0.466. The van der Waals surface area contributed by atoms with Crippen molar-refractivity contribution in [3.05, 3.63) is 53.6 Å². The molecule has 0 aliphatic carbocycles. The molecule has 1 N–H and O–H groups in total. The highest BCUT2D eigenvalue weighted by molar-refractivity contribution is 6.00. The van der Waals surface area contributed by atoms with Gasteiger partial charge in [0.25, 0.3) is 0 Å². The van der Waals surface area contributed by atoms with Crippen LogP contribution in [-0.4, -0.2) is 38.8 Å². The highest BCUT2D eigenvalue weighted by atomic mass is 16.5. The van der Waals surface area contributed by atoms with Crippen molar-refractivity contribution in [2.24, 2.45) is 11.0 Å². The van der Waals surface area contributed by atoms with Gasteiger partial charge in [0.15, 0.2) is 0 Å². The number of hydrogen-bond donors (Lipinski definition) is 1. The van der Waals surface area contributed by atoms with Crippen LogP contribution in [0.2, 0.25) is 0 Å². The maximum atomic E-state index is 12.5. The molecule has 1 atom stereocenters. The van der Waals surface area contributed by atoms with Crippen LogP contribution >= 0.6 is 0 Å². The molecule has 1 saturated heterocycles. The van der Waals surface area contributed by atoms with Gasteiger partial charge in [0.05, 0.1) is 26.4 Å². The van der Waals surface area contributed by atoms with Gasteiger partial charge < -0.3 is 14.4 Å². The molecule has 0 spiro atoms. The normalized spacial score (nSPS) is 16.3. The van der Waals surface area contributed by atoms with Crippen molar-refractivity contribution in [2.75, 3.05) is 25.7 Å². The van der Waals surface area contributed by atoms with Crippen molar-refractivity contribution in [2.45, 2.75) is 19.8 Å². The molecular weight excluding hydrogens is 370 g/mol. The first-order valence-electron chi connectivity index (χ1n) is 9.50. The van der Waals surface area contributed by atoms with Gasteiger partial charge in [-0.1, -0.05) is 19.1 Å². The van der Waals surface area contributed by atoms with Gasteiger partial charge in [-0.15, -0.1) is 0 Å². The van der Waals surface area contributed by atoms with Gasteiger partial charge in [0.1, 0.15) is 11.5 Å². The number of aryl methyl sites for hydroxylation is 1. The molecule has 2 aromatic carbocycles. The summed E-state index contributed by atoms with van der Waals surface area (Å²) in [7, 11) is 3.13. The van der Waals surface area contributed by atoms with Crippen molar-refractivity contribution in [3.63, 3.8) is 0 Å². The second-order valence-corrected chi connectivity index (χ2v) is 6.77. The van der Waals surface area contributed by atoms with E-state index in [1.165, 1.54) is 11.8 Å². The van der Waals surface area contributed by atoms with E-state index in [2.05, 4.69) is 17.5 Å². The van der Waals surface area contributed by atoms with Crippen LogP contribution in [0.4, 0.5) is 5.69 Å². The summed E-state index contributed by atoms with van der Waals surface area (Å²) >= 11 is 0. The number of methoxy groups -OCH3 is 2. The number of carbonyl (C=O) groups is 2. The predicted octanol–water partition coefficient (Wildman–Crippen LogP) is 2.77. The van der Waals surface area contributed by atoms with Crippen LogP contribution < -0.4 is 19.8 Å². The SMILES string of the molecule is CCc1ccc(N2C[C@@H](C(=O)N/N=C/c3ccc(OC)cc3OC)CC2=O)cc1. The highest BCUT2D eigenvalue weighted by Gasteiger charge is 2.35. The zero-order valence-electron chi connectivity index (χ0n) is 16.8. The van der Waals surface area contributed by atoms with E-state index in [0.29, 0.717) is 23.6 Å². The molecule has 1 heterocycles. The topological polar surface area (TPSA) is 80.2 Å². The summed E-state index contributed by atoms with van der Waals surface area (Å²) in [5, 5.41) is 4.02. The second-order valence-electron chi connectivity index (χ2n) is 6.77. The van der Waals surface area contributed by atoms with Crippen LogP contribution in [0.5, 0.6) is 11.5 Å². The van der Waals surface area contributed by atoms with E-state index >= 15 is 0 Å². The van der Waals surface area contributed by atoms with E-state index in [1.807, 2.05) is 24.3 Å². The van der Waals surface area contributed by atoms with E-state index in [1.54, 1.807) is 37.3 Å². The summed E-state index contributed by atoms with van der Waals surface area (Å²) in [6, 6.07) is 13.2. The zero-order valence-corrected chi connectivity index (χ0v) is 16.8. The largest absolute Gasteiger partial charge is 0.497 e. The van der Waals surface area contributed by atoms with Crippen LogP contribution in [0.1, 0.15) is 24.5 Å². The molecule has 7 heteroatoms. The Morgan fingerprint density at radius 3 is 2.62 bits per heavy atom. The van der Waals surface area contributed by atoms with Gasteiger partial charge >= 0.3 is 0 Å². The van der Waals surface area contributed by atoms with Crippen LogP contribution in [0, 0.1) is 5.92 Å². The number of hydrazone groups is 1. The van der Waals surface area contributed by atoms with Crippen LogP contribution in [0.3, 0.4) is 0 Å². The minimum atomic E-state index is -0.441. The lowest BCUT2D eigenvalue weighted by atomic mass is 10.1. The Labute approximate surface area is 170 Å².